The van der Waals surface area contributed by atoms with Crippen molar-refractivity contribution in [3.63, 3.8) is 0 Å². The fourth-order valence-electron chi connectivity index (χ4n) is 5.65. The summed E-state index contributed by atoms with van der Waals surface area (Å²) in [5.74, 6) is -2.82. The van der Waals surface area contributed by atoms with Crippen LogP contribution in [0.1, 0.15) is 68.4 Å². The highest BCUT2D eigenvalue weighted by atomic mass is 16.6. The molecule has 1 amide bonds. The first-order valence-electron chi connectivity index (χ1n) is 14.3. The van der Waals surface area contributed by atoms with Crippen molar-refractivity contribution in [3.05, 3.63) is 34.9 Å². The van der Waals surface area contributed by atoms with Crippen molar-refractivity contribution in [1.82, 2.24) is 5.32 Å². The first-order chi connectivity index (χ1) is 20.0. The van der Waals surface area contributed by atoms with Crippen molar-refractivity contribution in [3.8, 4) is 11.5 Å². The summed E-state index contributed by atoms with van der Waals surface area (Å²) in [6.45, 7) is 12.3. The molecular weight excluding hydrogens is 562 g/mol. The van der Waals surface area contributed by atoms with Gasteiger partial charge in [0.05, 0.1) is 18.3 Å². The van der Waals surface area contributed by atoms with Gasteiger partial charge in [-0.3, -0.25) is 9.59 Å². The molecule has 0 spiro atoms. The van der Waals surface area contributed by atoms with Crippen LogP contribution in [-0.2, 0) is 35.0 Å². The van der Waals surface area contributed by atoms with Crippen molar-refractivity contribution in [2.24, 2.45) is 11.3 Å². The van der Waals surface area contributed by atoms with Crippen LogP contribution in [0.3, 0.4) is 0 Å². The Morgan fingerprint density at radius 2 is 1.79 bits per heavy atom. The third-order valence-corrected chi connectivity index (χ3v) is 8.78. The normalized spacial score (nSPS) is 25.1. The smallest absolute Gasteiger partial charge is 0.342 e. The van der Waals surface area contributed by atoms with Gasteiger partial charge in [-0.2, -0.15) is 0 Å². The molecular formula is C31H45NO11. The van der Waals surface area contributed by atoms with Crippen LogP contribution in [0.2, 0.25) is 0 Å². The molecule has 0 aliphatic carbocycles. The lowest BCUT2D eigenvalue weighted by molar-refractivity contribution is -0.188. The largest absolute Gasteiger partial charge is 0.508 e. The fraction of sp³-hybridized carbons (Fsp3) is 0.645. The highest BCUT2D eigenvalue weighted by Gasteiger charge is 2.48. The molecule has 5 unspecified atom stereocenters. The second kappa shape index (κ2) is 13.7. The molecule has 1 aromatic carbocycles. The van der Waals surface area contributed by atoms with E-state index in [-0.39, 0.29) is 48.5 Å². The first-order valence-corrected chi connectivity index (χ1v) is 14.3. The number of esters is 1. The maximum Gasteiger partial charge on any atom is 0.342 e. The number of methoxy groups -OCH3 is 2. The van der Waals surface area contributed by atoms with Crippen molar-refractivity contribution in [2.45, 2.75) is 103 Å². The molecule has 240 valence electrons. The van der Waals surface area contributed by atoms with Gasteiger partial charge >= 0.3 is 5.97 Å². The molecule has 2 heterocycles. The van der Waals surface area contributed by atoms with Crippen LogP contribution in [-0.4, -0.2) is 95.2 Å². The zero-order chi connectivity index (χ0) is 32.4. The molecule has 2 aliphatic rings. The maximum atomic E-state index is 13.3. The Morgan fingerprint density at radius 3 is 2.37 bits per heavy atom. The number of carbonyl (C=O) groups is 3. The van der Waals surface area contributed by atoms with Gasteiger partial charge in [-0.1, -0.05) is 26.3 Å². The standard InChI is InChI=1S/C31H45NO11/c1-14(2)9-22(40-7)27(37)28(38)32-29(41-8)23-13-24(36)31(5,6)25(42-23)12-19(34)16(4)21-10-17-15(3)18(33)11-20(35)26(17)30(39)43-21/h11,16,19,21-23,25,27,29,33-35,37H,1,9-10,12-13H2,2-8H3,(H,32,38)/t16?,19?,21?,22?,23-,25+,27?,29+/m0/s1. The Kier molecular flexibility index (Phi) is 11.0. The average Bonchev–Trinajstić information content (AvgIpc) is 2.94. The second-order valence-electron chi connectivity index (χ2n) is 12.3. The minimum atomic E-state index is -1.52. The quantitative estimate of drug-likeness (QED) is 0.133. The van der Waals surface area contributed by atoms with Gasteiger partial charge in [0.25, 0.3) is 5.91 Å². The zero-order valence-corrected chi connectivity index (χ0v) is 25.9. The number of aliphatic hydroxyl groups excluding tert-OH is 2. The Bertz CT molecular complexity index is 1230. The number of hydrogen-bond acceptors (Lipinski definition) is 11. The lowest BCUT2D eigenvalue weighted by atomic mass is 9.74. The van der Waals surface area contributed by atoms with E-state index in [1.807, 2.05) is 0 Å². The maximum absolute atomic E-state index is 13.3. The van der Waals surface area contributed by atoms with Crippen molar-refractivity contribution >= 4 is 17.7 Å². The van der Waals surface area contributed by atoms with E-state index in [9.17, 15) is 34.8 Å². The number of phenols is 2. The van der Waals surface area contributed by atoms with Gasteiger partial charge in [0.2, 0.25) is 0 Å². The first kappa shape index (κ1) is 34.5. The van der Waals surface area contributed by atoms with Crippen LogP contribution in [0, 0.1) is 18.3 Å². The van der Waals surface area contributed by atoms with Crippen LogP contribution in [0.4, 0.5) is 0 Å². The Labute approximate surface area is 252 Å². The van der Waals surface area contributed by atoms with Gasteiger partial charge in [0.1, 0.15) is 35.1 Å². The number of ketones is 1. The molecule has 0 aromatic heterocycles. The average molecular weight is 608 g/mol. The van der Waals surface area contributed by atoms with E-state index < -0.39 is 66.1 Å². The van der Waals surface area contributed by atoms with Crippen LogP contribution < -0.4 is 5.32 Å². The van der Waals surface area contributed by atoms with Crippen molar-refractivity contribution in [1.29, 1.82) is 0 Å². The lowest BCUT2D eigenvalue weighted by Crippen LogP contribution is -2.58. The summed E-state index contributed by atoms with van der Waals surface area (Å²) in [6.07, 6.45) is -6.65. The molecule has 12 nitrogen and oxygen atoms in total. The van der Waals surface area contributed by atoms with E-state index >= 15 is 0 Å². The number of rotatable bonds is 12. The third-order valence-electron chi connectivity index (χ3n) is 8.78. The van der Waals surface area contributed by atoms with E-state index in [4.69, 9.17) is 18.9 Å². The molecule has 43 heavy (non-hydrogen) atoms. The number of carbonyl (C=O) groups excluding carboxylic acids is 3. The number of fused-ring (bicyclic) bond motifs is 1. The van der Waals surface area contributed by atoms with E-state index in [2.05, 4.69) is 11.9 Å². The number of cyclic esters (lactones) is 1. The fourth-order valence-corrected chi connectivity index (χ4v) is 5.65. The molecule has 8 atom stereocenters. The molecule has 0 radical (unpaired) electrons. The monoisotopic (exact) mass is 607 g/mol. The summed E-state index contributed by atoms with van der Waals surface area (Å²) in [5, 5.41) is 44.8. The number of amides is 1. The summed E-state index contributed by atoms with van der Waals surface area (Å²) >= 11 is 0. The van der Waals surface area contributed by atoms with Crippen LogP contribution in [0.5, 0.6) is 11.5 Å². The van der Waals surface area contributed by atoms with Crippen LogP contribution >= 0.6 is 0 Å². The SMILES string of the molecule is C=C(C)CC(OC)C(O)C(=O)N[C@H](OC)[C@@H]1CC(=O)C(C)(C)[C@@H](CC(O)C(C)C2Cc3c(C)c(O)cc(O)c3C(=O)O2)O1. The van der Waals surface area contributed by atoms with Gasteiger partial charge in [-0.05, 0) is 31.4 Å². The summed E-state index contributed by atoms with van der Waals surface area (Å²) in [7, 11) is 2.72. The molecule has 0 bridgehead atoms. The number of nitrogens with one attached hydrogen (secondary N) is 1. The minimum Gasteiger partial charge on any atom is -0.508 e. The number of aliphatic hydroxyl groups is 2. The number of ether oxygens (including phenoxy) is 4. The van der Waals surface area contributed by atoms with Crippen molar-refractivity contribution in [2.75, 3.05) is 14.2 Å². The van der Waals surface area contributed by atoms with E-state index in [1.165, 1.54) is 14.2 Å². The van der Waals surface area contributed by atoms with E-state index in [0.717, 1.165) is 11.6 Å². The molecule has 1 aromatic rings. The number of benzene rings is 1. The highest BCUT2D eigenvalue weighted by molar-refractivity contribution is 5.96. The second-order valence-corrected chi connectivity index (χ2v) is 12.3. The molecule has 1 fully saturated rings. The topological polar surface area (TPSA) is 181 Å². The Balaban J connectivity index is 1.74. The summed E-state index contributed by atoms with van der Waals surface area (Å²) in [4.78, 5) is 38.9. The number of Topliss-reactive ketones (excluding diaryl/α,β-unsaturated/α-hetero) is 1. The highest BCUT2D eigenvalue weighted by Crippen LogP contribution is 2.40. The van der Waals surface area contributed by atoms with Gasteiger partial charge in [-0.25, -0.2) is 4.79 Å². The number of aromatic hydroxyl groups is 2. The van der Waals surface area contributed by atoms with Crippen LogP contribution in [0.15, 0.2) is 18.2 Å². The van der Waals surface area contributed by atoms with E-state index in [0.29, 0.717) is 11.1 Å². The van der Waals surface area contributed by atoms with Crippen molar-refractivity contribution < 1.29 is 53.8 Å². The lowest BCUT2D eigenvalue weighted by Gasteiger charge is -2.44. The molecule has 12 heteroatoms. The predicted octanol–water partition coefficient (Wildman–Crippen LogP) is 2.06. The minimum absolute atomic E-state index is 0.00104. The molecule has 5 N–H and O–H groups in total. The Morgan fingerprint density at radius 1 is 1.14 bits per heavy atom. The van der Waals surface area contributed by atoms with Gasteiger partial charge < -0.3 is 44.7 Å². The van der Waals surface area contributed by atoms with Gasteiger partial charge in [0.15, 0.2) is 12.3 Å². The molecule has 0 saturated carbocycles. The number of hydrogen-bond donors (Lipinski definition) is 5. The Hall–Kier alpha value is -3.03. The summed E-state index contributed by atoms with van der Waals surface area (Å²) in [5.41, 5.74) is 0.607. The molecule has 2 aliphatic heterocycles. The summed E-state index contributed by atoms with van der Waals surface area (Å²) < 4.78 is 22.5. The zero-order valence-electron chi connectivity index (χ0n) is 25.9. The molecule has 1 saturated heterocycles. The number of phenolic OH excluding ortho intramolecular Hbond substituents is 2. The molecule has 3 rings (SSSR count). The van der Waals surface area contributed by atoms with Gasteiger partial charge in [0, 0.05) is 50.9 Å². The third kappa shape index (κ3) is 7.38. The summed E-state index contributed by atoms with van der Waals surface area (Å²) in [6, 6.07) is 1.10. The predicted molar refractivity (Wildman–Crippen MR) is 154 cm³/mol. The van der Waals surface area contributed by atoms with Crippen LogP contribution in [0.25, 0.3) is 0 Å². The van der Waals surface area contributed by atoms with E-state index in [1.54, 1.807) is 34.6 Å². The van der Waals surface area contributed by atoms with Gasteiger partial charge in [-0.15, -0.1) is 6.58 Å².